The van der Waals surface area contributed by atoms with Crippen molar-refractivity contribution in [2.75, 3.05) is 16.8 Å². The summed E-state index contributed by atoms with van der Waals surface area (Å²) < 4.78 is 0. The van der Waals surface area contributed by atoms with E-state index < -0.39 is 0 Å². The fourth-order valence-corrected chi connectivity index (χ4v) is 2.98. The Bertz CT molecular complexity index is 474. The van der Waals surface area contributed by atoms with Crippen molar-refractivity contribution in [3.05, 3.63) is 23.2 Å². The topological polar surface area (TPSA) is 32.3 Å². The van der Waals surface area contributed by atoms with Crippen LogP contribution < -0.4 is 10.2 Å². The Labute approximate surface area is 106 Å². The molecule has 3 rings (SSSR count). The third-order valence-electron chi connectivity index (χ3n) is 3.72. The second-order valence-corrected chi connectivity index (χ2v) is 5.37. The molecule has 0 spiro atoms. The van der Waals surface area contributed by atoms with Gasteiger partial charge in [0.15, 0.2) is 0 Å². The Kier molecular flexibility index (Phi) is 2.51. The van der Waals surface area contributed by atoms with Crippen molar-refractivity contribution >= 4 is 28.9 Å². The number of nitrogens with zero attached hydrogens (tertiary/aromatic N) is 1. The summed E-state index contributed by atoms with van der Waals surface area (Å²) in [6.45, 7) is 3.14. The standard InChI is InChI=1S/C13H15ClN2O/c1-8-5-6-16-10-4-2-3-9(14)12(10)15-13(17)11(16)7-8/h2-4,8,11H,5-7H2,1H3,(H,15,17). The number of anilines is 2. The summed E-state index contributed by atoms with van der Waals surface area (Å²) in [5.41, 5.74) is 1.83. The van der Waals surface area contributed by atoms with Gasteiger partial charge in [0.25, 0.3) is 0 Å². The van der Waals surface area contributed by atoms with E-state index in [1.54, 1.807) is 0 Å². The summed E-state index contributed by atoms with van der Waals surface area (Å²) in [4.78, 5) is 14.3. The fraction of sp³-hybridized carbons (Fsp3) is 0.462. The smallest absolute Gasteiger partial charge is 0.247 e. The number of fused-ring (bicyclic) bond motifs is 3. The number of piperidine rings is 1. The molecule has 17 heavy (non-hydrogen) atoms. The summed E-state index contributed by atoms with van der Waals surface area (Å²) in [6.07, 6.45) is 2.06. The Morgan fingerprint density at radius 3 is 3.12 bits per heavy atom. The Balaban J connectivity index is 2.05. The highest BCUT2D eigenvalue weighted by molar-refractivity contribution is 6.35. The van der Waals surface area contributed by atoms with Crippen LogP contribution in [0.2, 0.25) is 5.02 Å². The lowest BCUT2D eigenvalue weighted by Gasteiger charge is -2.43. The van der Waals surface area contributed by atoms with Crippen molar-refractivity contribution in [3.8, 4) is 0 Å². The van der Waals surface area contributed by atoms with E-state index in [0.717, 1.165) is 30.8 Å². The molecule has 4 heteroatoms. The first-order valence-electron chi connectivity index (χ1n) is 6.03. The van der Waals surface area contributed by atoms with E-state index in [1.807, 2.05) is 18.2 Å². The van der Waals surface area contributed by atoms with Gasteiger partial charge in [0.1, 0.15) is 6.04 Å². The molecule has 90 valence electrons. The number of carbonyl (C=O) groups excluding carboxylic acids is 1. The molecular formula is C13H15ClN2O. The number of benzene rings is 1. The summed E-state index contributed by atoms with van der Waals surface area (Å²) in [5.74, 6) is 0.694. The normalized spacial score (nSPS) is 27.2. The fourth-order valence-electron chi connectivity index (χ4n) is 2.76. The highest BCUT2D eigenvalue weighted by Gasteiger charge is 2.37. The molecule has 2 aliphatic heterocycles. The zero-order valence-corrected chi connectivity index (χ0v) is 10.5. The van der Waals surface area contributed by atoms with Crippen LogP contribution in [0.4, 0.5) is 11.4 Å². The average Bonchev–Trinajstić information content (AvgIpc) is 2.31. The number of nitrogens with one attached hydrogen (secondary N) is 1. The predicted molar refractivity (Wildman–Crippen MR) is 69.6 cm³/mol. The van der Waals surface area contributed by atoms with Gasteiger partial charge in [-0.2, -0.15) is 0 Å². The number of halogens is 1. The second kappa shape index (κ2) is 3.91. The molecule has 0 saturated carbocycles. The lowest BCUT2D eigenvalue weighted by atomic mass is 9.90. The molecule has 1 aromatic rings. The highest BCUT2D eigenvalue weighted by atomic mass is 35.5. The first kappa shape index (κ1) is 10.9. The molecule has 0 aliphatic carbocycles. The molecule has 2 heterocycles. The van der Waals surface area contributed by atoms with Gasteiger partial charge in [0.2, 0.25) is 5.91 Å². The average molecular weight is 251 g/mol. The number of amides is 1. The second-order valence-electron chi connectivity index (χ2n) is 4.96. The molecule has 0 radical (unpaired) electrons. The van der Waals surface area contributed by atoms with Crippen LogP contribution >= 0.6 is 11.6 Å². The van der Waals surface area contributed by atoms with Gasteiger partial charge in [0, 0.05) is 6.54 Å². The molecule has 1 saturated heterocycles. The molecule has 0 aromatic heterocycles. The molecule has 1 N–H and O–H groups in total. The van der Waals surface area contributed by atoms with E-state index in [0.29, 0.717) is 10.9 Å². The maximum Gasteiger partial charge on any atom is 0.247 e. The lowest BCUT2D eigenvalue weighted by molar-refractivity contribution is -0.118. The zero-order chi connectivity index (χ0) is 12.0. The van der Waals surface area contributed by atoms with Crippen molar-refractivity contribution in [1.82, 2.24) is 0 Å². The zero-order valence-electron chi connectivity index (χ0n) is 9.74. The highest BCUT2D eigenvalue weighted by Crippen LogP contribution is 2.40. The molecule has 1 amide bonds. The van der Waals surface area contributed by atoms with E-state index >= 15 is 0 Å². The largest absolute Gasteiger partial charge is 0.358 e. The molecule has 2 atom stereocenters. The maximum absolute atomic E-state index is 12.1. The Morgan fingerprint density at radius 1 is 1.47 bits per heavy atom. The third-order valence-corrected chi connectivity index (χ3v) is 4.03. The van der Waals surface area contributed by atoms with Crippen molar-refractivity contribution in [2.45, 2.75) is 25.8 Å². The van der Waals surface area contributed by atoms with Gasteiger partial charge in [-0.1, -0.05) is 24.6 Å². The molecule has 2 aliphatic rings. The van der Waals surface area contributed by atoms with Gasteiger partial charge in [-0.25, -0.2) is 0 Å². The third kappa shape index (κ3) is 1.69. The predicted octanol–water partition coefficient (Wildman–Crippen LogP) is 2.90. The van der Waals surface area contributed by atoms with Gasteiger partial charge >= 0.3 is 0 Å². The first-order valence-corrected chi connectivity index (χ1v) is 6.40. The summed E-state index contributed by atoms with van der Waals surface area (Å²) in [6, 6.07) is 5.76. The number of hydrogen-bond donors (Lipinski definition) is 1. The van der Waals surface area contributed by atoms with E-state index in [9.17, 15) is 4.79 Å². The van der Waals surface area contributed by atoms with E-state index in [1.165, 1.54) is 0 Å². The summed E-state index contributed by atoms with van der Waals surface area (Å²) in [5, 5.41) is 3.55. The summed E-state index contributed by atoms with van der Waals surface area (Å²) in [7, 11) is 0. The van der Waals surface area contributed by atoms with Gasteiger partial charge in [-0.05, 0) is 30.9 Å². The van der Waals surface area contributed by atoms with Crippen LogP contribution in [-0.2, 0) is 4.79 Å². The quantitative estimate of drug-likeness (QED) is 0.768. The first-order chi connectivity index (χ1) is 8.16. The summed E-state index contributed by atoms with van der Waals surface area (Å²) >= 11 is 6.13. The minimum absolute atomic E-state index is 0.0234. The lowest BCUT2D eigenvalue weighted by Crippen LogP contribution is -2.52. The van der Waals surface area contributed by atoms with Gasteiger partial charge in [0.05, 0.1) is 16.4 Å². The van der Waals surface area contributed by atoms with Crippen LogP contribution in [0, 0.1) is 5.92 Å². The van der Waals surface area contributed by atoms with Gasteiger partial charge in [-0.3, -0.25) is 4.79 Å². The van der Waals surface area contributed by atoms with Crippen molar-refractivity contribution in [2.24, 2.45) is 5.92 Å². The van der Waals surface area contributed by atoms with Crippen LogP contribution in [0.5, 0.6) is 0 Å². The number of para-hydroxylation sites is 1. The number of rotatable bonds is 0. The van der Waals surface area contributed by atoms with Crippen LogP contribution in [0.15, 0.2) is 18.2 Å². The van der Waals surface area contributed by atoms with E-state index in [4.69, 9.17) is 11.6 Å². The molecular weight excluding hydrogens is 236 g/mol. The van der Waals surface area contributed by atoms with E-state index in [2.05, 4.69) is 17.1 Å². The molecule has 1 fully saturated rings. The van der Waals surface area contributed by atoms with Crippen molar-refractivity contribution in [1.29, 1.82) is 0 Å². The van der Waals surface area contributed by atoms with Gasteiger partial charge < -0.3 is 10.2 Å². The minimum Gasteiger partial charge on any atom is -0.358 e. The van der Waals surface area contributed by atoms with Crippen LogP contribution in [-0.4, -0.2) is 18.5 Å². The molecule has 2 unspecified atom stereocenters. The number of hydrogen-bond acceptors (Lipinski definition) is 2. The van der Waals surface area contributed by atoms with Gasteiger partial charge in [-0.15, -0.1) is 0 Å². The Morgan fingerprint density at radius 2 is 2.29 bits per heavy atom. The minimum atomic E-state index is -0.0234. The number of carbonyl (C=O) groups is 1. The maximum atomic E-state index is 12.1. The molecule has 1 aromatic carbocycles. The van der Waals surface area contributed by atoms with Crippen LogP contribution in [0.25, 0.3) is 0 Å². The molecule has 0 bridgehead atoms. The van der Waals surface area contributed by atoms with Crippen molar-refractivity contribution < 1.29 is 4.79 Å². The SMILES string of the molecule is CC1CCN2c3cccc(Cl)c3NC(=O)C2C1. The van der Waals surface area contributed by atoms with Crippen LogP contribution in [0.3, 0.4) is 0 Å². The van der Waals surface area contributed by atoms with E-state index in [-0.39, 0.29) is 11.9 Å². The molecule has 3 nitrogen and oxygen atoms in total. The Hall–Kier alpha value is -1.22. The van der Waals surface area contributed by atoms with Crippen molar-refractivity contribution in [3.63, 3.8) is 0 Å². The monoisotopic (exact) mass is 250 g/mol. The van der Waals surface area contributed by atoms with Crippen LogP contribution in [0.1, 0.15) is 19.8 Å².